The summed E-state index contributed by atoms with van der Waals surface area (Å²) in [6, 6.07) is 12.1. The van der Waals surface area contributed by atoms with Gasteiger partial charge < -0.3 is 9.84 Å². The van der Waals surface area contributed by atoms with Gasteiger partial charge in [0.05, 0.1) is 23.9 Å². The zero-order valence-corrected chi connectivity index (χ0v) is 12.8. The maximum atomic E-state index is 13.2. The first-order valence-corrected chi connectivity index (χ1v) is 7.74. The molecule has 122 valence electrons. The molecule has 1 heterocycles. The van der Waals surface area contributed by atoms with E-state index in [9.17, 15) is 18.3 Å². The minimum Gasteiger partial charge on any atom is -0.489 e. The second-order valence-electron chi connectivity index (χ2n) is 5.03. The average Bonchev–Trinajstić information content (AvgIpc) is 2.55. The minimum atomic E-state index is -4.43. The summed E-state index contributed by atoms with van der Waals surface area (Å²) in [6.07, 6.45) is -4.43. The van der Waals surface area contributed by atoms with Gasteiger partial charge in [0.25, 0.3) is 0 Å². The Labute approximate surface area is 135 Å². The van der Waals surface area contributed by atoms with Crippen LogP contribution in [0, 0.1) is 0 Å². The van der Waals surface area contributed by atoms with Gasteiger partial charge in [0.2, 0.25) is 0 Å². The molecule has 1 N–H and O–H groups in total. The molecule has 0 saturated heterocycles. The van der Waals surface area contributed by atoms with Crippen molar-refractivity contribution in [2.45, 2.75) is 17.1 Å². The molecule has 1 atom stereocenters. The van der Waals surface area contributed by atoms with Gasteiger partial charge in [-0.25, -0.2) is 0 Å². The Balaban J connectivity index is 1.99. The highest BCUT2D eigenvalue weighted by atomic mass is 32.2. The van der Waals surface area contributed by atoms with Crippen molar-refractivity contribution in [3.8, 4) is 5.75 Å². The quantitative estimate of drug-likeness (QED) is 0.856. The first-order chi connectivity index (χ1) is 11.0. The van der Waals surface area contributed by atoms with Gasteiger partial charge in [-0.1, -0.05) is 24.3 Å². The third-order valence-corrected chi connectivity index (χ3v) is 4.71. The first kappa shape index (κ1) is 16.0. The van der Waals surface area contributed by atoms with Crippen molar-refractivity contribution in [2.75, 3.05) is 17.5 Å². The Morgan fingerprint density at radius 3 is 2.57 bits per heavy atom. The van der Waals surface area contributed by atoms with Crippen LogP contribution in [0.25, 0.3) is 0 Å². The van der Waals surface area contributed by atoms with E-state index >= 15 is 0 Å². The van der Waals surface area contributed by atoms with E-state index in [1.807, 2.05) is 0 Å². The number of fused-ring (bicyclic) bond motifs is 1. The van der Waals surface area contributed by atoms with E-state index in [2.05, 4.69) is 0 Å². The fourth-order valence-corrected chi connectivity index (χ4v) is 3.51. The van der Waals surface area contributed by atoms with Crippen LogP contribution in [0.5, 0.6) is 5.75 Å². The van der Waals surface area contributed by atoms with Gasteiger partial charge in [0.15, 0.2) is 0 Å². The summed E-state index contributed by atoms with van der Waals surface area (Å²) in [5.41, 5.74) is -0.0366. The summed E-state index contributed by atoms with van der Waals surface area (Å²) in [6.45, 7) is 0.00418. The second-order valence-corrected chi connectivity index (χ2v) is 6.04. The third kappa shape index (κ3) is 3.25. The minimum absolute atomic E-state index is 0.0927. The van der Waals surface area contributed by atoms with E-state index in [0.717, 1.165) is 18.0 Å². The van der Waals surface area contributed by atoms with Crippen LogP contribution in [0.15, 0.2) is 53.4 Å². The Hall–Kier alpha value is -1.86. The molecule has 0 aromatic heterocycles. The van der Waals surface area contributed by atoms with Crippen LogP contribution in [-0.2, 0) is 6.18 Å². The number of anilines is 1. The number of hydrogen-bond donors (Lipinski definition) is 1. The monoisotopic (exact) mass is 341 g/mol. The smallest absolute Gasteiger partial charge is 0.417 e. The van der Waals surface area contributed by atoms with E-state index in [1.54, 1.807) is 34.6 Å². The summed E-state index contributed by atoms with van der Waals surface area (Å²) >= 11 is 0.967. The van der Waals surface area contributed by atoms with Gasteiger partial charge in [-0.2, -0.15) is 13.2 Å². The molecule has 2 aromatic rings. The van der Waals surface area contributed by atoms with Crippen molar-refractivity contribution in [3.63, 3.8) is 0 Å². The lowest BCUT2D eigenvalue weighted by Crippen LogP contribution is -2.41. The maximum Gasteiger partial charge on any atom is 0.417 e. The summed E-state index contributed by atoms with van der Waals surface area (Å²) in [5.74, 6) is 0.592. The van der Waals surface area contributed by atoms with E-state index in [-0.39, 0.29) is 18.1 Å². The molecule has 0 spiro atoms. The molecule has 0 amide bonds. The number of aliphatic hydroxyl groups excluding tert-OH is 1. The van der Waals surface area contributed by atoms with Crippen LogP contribution in [0.3, 0.4) is 0 Å². The van der Waals surface area contributed by atoms with E-state index in [1.165, 1.54) is 12.1 Å². The molecule has 1 unspecified atom stereocenters. The van der Waals surface area contributed by atoms with Crippen molar-refractivity contribution < 1.29 is 23.0 Å². The molecule has 3 rings (SSSR count). The number of hydrogen-bond acceptors (Lipinski definition) is 4. The molecule has 7 heteroatoms. The number of rotatable bonds is 3. The van der Waals surface area contributed by atoms with E-state index in [4.69, 9.17) is 4.74 Å². The standard InChI is InChI=1S/C16H14F3NO2S/c17-16(18,19)12-5-1-4-8-15(12)23-20-11(9-21)10-22-14-7-3-2-6-13(14)20/h1-8,11,21H,9-10H2. The number of halogens is 3. The molecule has 1 aliphatic heterocycles. The molecular weight excluding hydrogens is 327 g/mol. The molecule has 0 bridgehead atoms. The van der Waals surface area contributed by atoms with Gasteiger partial charge >= 0.3 is 6.18 Å². The molecule has 3 nitrogen and oxygen atoms in total. The molecule has 23 heavy (non-hydrogen) atoms. The fourth-order valence-electron chi connectivity index (χ4n) is 2.35. The zero-order chi connectivity index (χ0) is 16.4. The van der Waals surface area contributed by atoms with Crippen molar-refractivity contribution >= 4 is 17.6 Å². The maximum absolute atomic E-state index is 13.2. The van der Waals surface area contributed by atoms with Crippen LogP contribution in [0.1, 0.15) is 5.56 Å². The molecular formula is C16H14F3NO2S. The zero-order valence-electron chi connectivity index (χ0n) is 12.0. The number of para-hydroxylation sites is 2. The number of benzene rings is 2. The van der Waals surface area contributed by atoms with Crippen molar-refractivity contribution in [1.29, 1.82) is 0 Å². The number of alkyl halides is 3. The Kier molecular flexibility index (Phi) is 4.41. The van der Waals surface area contributed by atoms with Gasteiger partial charge in [-0.3, -0.25) is 4.31 Å². The summed E-state index contributed by atoms with van der Waals surface area (Å²) < 4.78 is 46.8. The lowest BCUT2D eigenvalue weighted by atomic mass is 10.2. The highest BCUT2D eigenvalue weighted by Gasteiger charge is 2.35. The van der Waals surface area contributed by atoms with Crippen LogP contribution in [0.2, 0.25) is 0 Å². The van der Waals surface area contributed by atoms with Gasteiger partial charge in [-0.15, -0.1) is 0 Å². The lowest BCUT2D eigenvalue weighted by molar-refractivity contribution is -0.139. The number of aliphatic hydroxyl groups is 1. The predicted octanol–water partition coefficient (Wildman–Crippen LogP) is 3.97. The largest absolute Gasteiger partial charge is 0.489 e. The first-order valence-electron chi connectivity index (χ1n) is 6.97. The van der Waals surface area contributed by atoms with Crippen molar-refractivity contribution in [1.82, 2.24) is 0 Å². The van der Waals surface area contributed by atoms with Gasteiger partial charge in [0.1, 0.15) is 12.4 Å². The van der Waals surface area contributed by atoms with Crippen LogP contribution in [0.4, 0.5) is 18.9 Å². The summed E-state index contributed by atoms with van der Waals surface area (Å²) in [4.78, 5) is 0.0927. The second kappa shape index (κ2) is 6.33. The Bertz CT molecular complexity index is 693. The van der Waals surface area contributed by atoms with Crippen LogP contribution < -0.4 is 9.04 Å². The topological polar surface area (TPSA) is 32.7 Å². The number of ether oxygens (including phenoxy) is 1. The van der Waals surface area contributed by atoms with Crippen molar-refractivity contribution in [2.24, 2.45) is 0 Å². The van der Waals surface area contributed by atoms with Crippen molar-refractivity contribution in [3.05, 3.63) is 54.1 Å². The predicted molar refractivity (Wildman–Crippen MR) is 82.6 cm³/mol. The molecule has 0 radical (unpaired) electrons. The Morgan fingerprint density at radius 2 is 1.83 bits per heavy atom. The summed E-state index contributed by atoms with van der Waals surface area (Å²) in [7, 11) is 0. The van der Waals surface area contributed by atoms with E-state index in [0.29, 0.717) is 11.4 Å². The highest BCUT2D eigenvalue weighted by molar-refractivity contribution is 8.00. The van der Waals surface area contributed by atoms with E-state index < -0.39 is 17.8 Å². The molecule has 0 aliphatic carbocycles. The SMILES string of the molecule is OCC1COc2ccccc2N1Sc1ccccc1C(F)(F)F. The Morgan fingerprint density at radius 1 is 1.13 bits per heavy atom. The molecule has 0 fully saturated rings. The lowest BCUT2D eigenvalue weighted by Gasteiger charge is -2.36. The molecule has 1 aliphatic rings. The fraction of sp³-hybridized carbons (Fsp3) is 0.250. The van der Waals surface area contributed by atoms with Gasteiger partial charge in [0, 0.05) is 4.90 Å². The van der Waals surface area contributed by atoms with Crippen LogP contribution >= 0.6 is 11.9 Å². The highest BCUT2D eigenvalue weighted by Crippen LogP contribution is 2.43. The van der Waals surface area contributed by atoms with Gasteiger partial charge in [-0.05, 0) is 36.2 Å². The summed E-state index contributed by atoms with van der Waals surface area (Å²) in [5, 5.41) is 9.54. The number of nitrogens with zero attached hydrogens (tertiary/aromatic N) is 1. The van der Waals surface area contributed by atoms with Crippen LogP contribution in [-0.4, -0.2) is 24.4 Å². The molecule has 0 saturated carbocycles. The normalized spacial score (nSPS) is 17.6. The average molecular weight is 341 g/mol. The third-order valence-electron chi connectivity index (χ3n) is 3.47. The molecule has 2 aromatic carbocycles.